The first kappa shape index (κ1) is 21.7. The predicted octanol–water partition coefficient (Wildman–Crippen LogP) is 0.307. The molecule has 12 nitrogen and oxygen atoms in total. The van der Waals surface area contributed by atoms with Crippen LogP contribution in [-0.4, -0.2) is 54.0 Å². The van der Waals surface area contributed by atoms with Crippen molar-refractivity contribution >= 4 is 35.2 Å². The zero-order valence-corrected chi connectivity index (χ0v) is 18.3. The lowest BCUT2D eigenvalue weighted by molar-refractivity contribution is -0.122. The Hall–Kier alpha value is -4.09. The molecule has 0 unspecified atom stereocenters. The molecule has 3 aliphatic heterocycles. The molecule has 3 amide bonds. The quantitative estimate of drug-likeness (QED) is 0.486. The minimum atomic E-state index is -0.960. The van der Waals surface area contributed by atoms with Crippen LogP contribution in [0.15, 0.2) is 23.0 Å². The van der Waals surface area contributed by atoms with Crippen molar-refractivity contribution in [2.24, 2.45) is 11.7 Å². The number of hydrogen-bond acceptors (Lipinski definition) is 8. The molecule has 34 heavy (non-hydrogen) atoms. The van der Waals surface area contributed by atoms with Crippen LogP contribution < -0.4 is 36.3 Å². The van der Waals surface area contributed by atoms with Crippen molar-refractivity contribution in [1.82, 2.24) is 9.97 Å². The Kier molecular flexibility index (Phi) is 5.56. The van der Waals surface area contributed by atoms with Gasteiger partial charge in [0, 0.05) is 37.2 Å². The third-order valence-electron chi connectivity index (χ3n) is 6.26. The maximum atomic E-state index is 12.9. The highest BCUT2D eigenvalue weighted by Gasteiger charge is 2.37. The largest absolute Gasteiger partial charge is 0.486 e. The molecular formula is C22H24N6O6. The molecule has 3 aliphatic rings. The Balaban J connectivity index is 1.29. The van der Waals surface area contributed by atoms with E-state index >= 15 is 0 Å². The Labute approximate surface area is 193 Å². The third kappa shape index (κ3) is 4.14. The number of anilines is 3. The molecule has 0 saturated carbocycles. The second kappa shape index (κ2) is 8.69. The normalized spacial score (nSPS) is 19.4. The average Bonchev–Trinajstić information content (AvgIpc) is 3.14. The van der Waals surface area contributed by atoms with Crippen LogP contribution in [-0.2, 0) is 14.4 Å². The Morgan fingerprint density at radius 2 is 1.88 bits per heavy atom. The van der Waals surface area contributed by atoms with Gasteiger partial charge < -0.3 is 30.7 Å². The number of H-pyrrole nitrogens is 1. The van der Waals surface area contributed by atoms with Crippen LogP contribution in [0.25, 0.3) is 0 Å². The molecule has 5 N–H and O–H groups in total. The number of fused-ring (bicyclic) bond motifs is 2. The number of benzene rings is 1. The van der Waals surface area contributed by atoms with Crippen LogP contribution in [0.1, 0.15) is 30.7 Å². The lowest BCUT2D eigenvalue weighted by Gasteiger charge is -2.30. The fraction of sp³-hybridized carbons (Fsp3) is 0.409. The molecule has 178 valence electrons. The van der Waals surface area contributed by atoms with Crippen molar-refractivity contribution in [3.8, 4) is 11.5 Å². The second-order valence-corrected chi connectivity index (χ2v) is 8.47. The first-order valence-electron chi connectivity index (χ1n) is 11.1. The molecule has 1 fully saturated rings. The van der Waals surface area contributed by atoms with Crippen LogP contribution in [0.2, 0.25) is 0 Å². The fourth-order valence-electron chi connectivity index (χ4n) is 4.46. The topological polar surface area (TPSA) is 169 Å². The summed E-state index contributed by atoms with van der Waals surface area (Å²) >= 11 is 0. The van der Waals surface area contributed by atoms with E-state index in [1.165, 1.54) is 0 Å². The number of amides is 3. The number of rotatable bonds is 5. The minimum absolute atomic E-state index is 0.137. The SMILES string of the molecule is NC(=O)C1CCN(c2nc3c(c(=O)[nH]2)[C@@H](CC(=O)Nc2ccc4c(c2)OCCO4)C(=O)N3)CC1. The summed E-state index contributed by atoms with van der Waals surface area (Å²) in [5, 5.41) is 5.35. The molecule has 4 heterocycles. The predicted molar refractivity (Wildman–Crippen MR) is 121 cm³/mol. The van der Waals surface area contributed by atoms with E-state index in [2.05, 4.69) is 20.6 Å². The zero-order valence-electron chi connectivity index (χ0n) is 18.3. The maximum absolute atomic E-state index is 12.9. The molecule has 1 aromatic heterocycles. The summed E-state index contributed by atoms with van der Waals surface area (Å²) in [6, 6.07) is 5.03. The van der Waals surface area contributed by atoms with Crippen LogP contribution in [0.5, 0.6) is 11.5 Å². The van der Waals surface area contributed by atoms with Gasteiger partial charge >= 0.3 is 0 Å². The monoisotopic (exact) mass is 468 g/mol. The van der Waals surface area contributed by atoms with Crippen LogP contribution in [0.3, 0.4) is 0 Å². The molecule has 0 aliphatic carbocycles. The number of aromatic nitrogens is 2. The van der Waals surface area contributed by atoms with Gasteiger partial charge in [0.25, 0.3) is 5.56 Å². The average molecular weight is 468 g/mol. The lowest BCUT2D eigenvalue weighted by Crippen LogP contribution is -2.40. The third-order valence-corrected chi connectivity index (χ3v) is 6.26. The number of nitrogens with one attached hydrogen (secondary N) is 3. The fourth-order valence-corrected chi connectivity index (χ4v) is 4.46. The number of primary amides is 1. The number of hydrogen-bond donors (Lipinski definition) is 4. The van der Waals surface area contributed by atoms with Crippen LogP contribution in [0.4, 0.5) is 17.5 Å². The standard InChI is InChI=1S/C22H24N6O6/c23-18(30)11-3-5-28(6-4-11)22-26-19-17(21(32)27-22)13(20(31)25-19)10-16(29)24-12-1-2-14-15(9-12)34-8-7-33-14/h1-2,9,11,13H,3-8,10H2,(H2,23,30)(H,24,29)(H2,25,26,27,31,32)/t13-/m1/s1. The molecule has 1 saturated heterocycles. The highest BCUT2D eigenvalue weighted by molar-refractivity contribution is 6.05. The Morgan fingerprint density at radius 3 is 2.62 bits per heavy atom. The summed E-state index contributed by atoms with van der Waals surface area (Å²) in [4.78, 5) is 58.4. The van der Waals surface area contributed by atoms with Crippen molar-refractivity contribution in [3.63, 3.8) is 0 Å². The molecule has 12 heteroatoms. The van der Waals surface area contributed by atoms with E-state index in [1.54, 1.807) is 18.2 Å². The van der Waals surface area contributed by atoms with Crippen molar-refractivity contribution < 1.29 is 23.9 Å². The summed E-state index contributed by atoms with van der Waals surface area (Å²) in [7, 11) is 0. The van der Waals surface area contributed by atoms with Crippen molar-refractivity contribution in [3.05, 3.63) is 34.1 Å². The minimum Gasteiger partial charge on any atom is -0.486 e. The summed E-state index contributed by atoms with van der Waals surface area (Å²) in [6.45, 7) is 1.89. The highest BCUT2D eigenvalue weighted by Crippen LogP contribution is 2.34. The molecule has 0 spiro atoms. The van der Waals surface area contributed by atoms with E-state index in [-0.39, 0.29) is 29.6 Å². The molecule has 0 bridgehead atoms. The summed E-state index contributed by atoms with van der Waals surface area (Å²) in [5.74, 6) is -0.795. The Bertz CT molecular complexity index is 1220. The van der Waals surface area contributed by atoms with Crippen LogP contribution >= 0.6 is 0 Å². The van der Waals surface area contributed by atoms with Crippen molar-refractivity contribution in [1.29, 1.82) is 0 Å². The van der Waals surface area contributed by atoms with Gasteiger partial charge in [0.2, 0.25) is 23.7 Å². The van der Waals surface area contributed by atoms with Gasteiger partial charge in [-0.05, 0) is 25.0 Å². The van der Waals surface area contributed by atoms with Gasteiger partial charge in [-0.15, -0.1) is 0 Å². The van der Waals surface area contributed by atoms with E-state index in [4.69, 9.17) is 15.2 Å². The number of carbonyl (C=O) groups is 3. The van der Waals surface area contributed by atoms with E-state index in [0.717, 1.165) is 0 Å². The number of ether oxygens (including phenoxy) is 2. The summed E-state index contributed by atoms with van der Waals surface area (Å²) in [6.07, 6.45) is 0.900. The molecule has 5 rings (SSSR count). The van der Waals surface area contributed by atoms with E-state index < -0.39 is 23.3 Å². The van der Waals surface area contributed by atoms with E-state index in [1.807, 2.05) is 4.90 Å². The first-order chi connectivity index (χ1) is 16.4. The zero-order chi connectivity index (χ0) is 23.8. The van der Waals surface area contributed by atoms with Gasteiger partial charge in [0.05, 0.1) is 11.5 Å². The van der Waals surface area contributed by atoms with Crippen molar-refractivity contribution in [2.45, 2.75) is 25.2 Å². The van der Waals surface area contributed by atoms with Gasteiger partial charge in [-0.25, -0.2) is 0 Å². The van der Waals surface area contributed by atoms with E-state index in [9.17, 15) is 19.2 Å². The van der Waals surface area contributed by atoms with Gasteiger partial charge in [0.1, 0.15) is 19.0 Å². The number of nitrogens with two attached hydrogens (primary N) is 1. The summed E-state index contributed by atoms with van der Waals surface area (Å²) in [5.41, 5.74) is 5.53. The Morgan fingerprint density at radius 1 is 1.15 bits per heavy atom. The molecular weight excluding hydrogens is 444 g/mol. The van der Waals surface area contributed by atoms with Crippen molar-refractivity contribution in [2.75, 3.05) is 41.8 Å². The number of carbonyl (C=O) groups excluding carboxylic acids is 3. The smallest absolute Gasteiger partial charge is 0.258 e. The number of nitrogens with zero attached hydrogens (tertiary/aromatic N) is 2. The lowest BCUT2D eigenvalue weighted by atomic mass is 9.96. The summed E-state index contributed by atoms with van der Waals surface area (Å²) < 4.78 is 11.0. The highest BCUT2D eigenvalue weighted by atomic mass is 16.6. The van der Waals surface area contributed by atoms with Gasteiger partial charge in [-0.1, -0.05) is 0 Å². The van der Waals surface area contributed by atoms with Crippen LogP contribution in [0, 0.1) is 5.92 Å². The second-order valence-electron chi connectivity index (χ2n) is 8.47. The maximum Gasteiger partial charge on any atom is 0.258 e. The van der Waals surface area contributed by atoms with Gasteiger partial charge in [0.15, 0.2) is 11.5 Å². The van der Waals surface area contributed by atoms with E-state index in [0.29, 0.717) is 62.3 Å². The van der Waals surface area contributed by atoms with Gasteiger partial charge in [-0.2, -0.15) is 4.98 Å². The molecule has 1 atom stereocenters. The number of aromatic amines is 1. The molecule has 1 aromatic carbocycles. The first-order valence-corrected chi connectivity index (χ1v) is 11.1. The molecule has 0 radical (unpaired) electrons. The number of piperidine rings is 1. The van der Waals surface area contributed by atoms with Gasteiger partial charge in [-0.3, -0.25) is 24.2 Å². The molecule has 2 aromatic rings.